The Labute approximate surface area is 175 Å². The number of nitrogens with zero attached hydrogens (tertiary/aromatic N) is 2. The van der Waals surface area contributed by atoms with Crippen LogP contribution in [0.4, 0.5) is 5.69 Å². The molecule has 7 nitrogen and oxygen atoms in total. The summed E-state index contributed by atoms with van der Waals surface area (Å²) < 4.78 is 5.67. The van der Waals surface area contributed by atoms with Crippen LogP contribution in [0.3, 0.4) is 0 Å². The first kappa shape index (κ1) is 20.6. The molecule has 3 rings (SSSR count). The zero-order valence-electron chi connectivity index (χ0n) is 15.3. The maximum absolute atomic E-state index is 11.9. The molecule has 9 heteroatoms. The zero-order valence-corrected chi connectivity index (χ0v) is 16.9. The number of benzene rings is 2. The number of furan rings is 1. The Morgan fingerprint density at radius 2 is 2.00 bits per heavy atom. The second-order valence-electron chi connectivity index (χ2n) is 5.99. The van der Waals surface area contributed by atoms with Crippen LogP contribution >= 0.6 is 23.4 Å². The fourth-order valence-electron chi connectivity index (χ4n) is 2.44. The number of nitrogens with one attached hydrogen (secondary N) is 1. The summed E-state index contributed by atoms with van der Waals surface area (Å²) in [7, 11) is 0. The van der Waals surface area contributed by atoms with Gasteiger partial charge in [0.1, 0.15) is 11.5 Å². The molecule has 3 aromatic rings. The summed E-state index contributed by atoms with van der Waals surface area (Å²) in [4.78, 5) is 23.3. The van der Waals surface area contributed by atoms with Crippen molar-refractivity contribution < 1.29 is 14.1 Å². The Kier molecular flexibility index (Phi) is 6.69. The lowest BCUT2D eigenvalue weighted by atomic mass is 10.1. The van der Waals surface area contributed by atoms with Crippen molar-refractivity contribution in [3.8, 4) is 11.3 Å². The number of nitro benzene ring substituents is 1. The van der Waals surface area contributed by atoms with Gasteiger partial charge in [-0.2, -0.15) is 5.10 Å². The van der Waals surface area contributed by atoms with Crippen molar-refractivity contribution in [1.82, 2.24) is 5.43 Å². The van der Waals surface area contributed by atoms with E-state index in [0.717, 1.165) is 10.5 Å². The molecule has 0 aliphatic rings. The standard InChI is InChI=1S/C20H16ClN3O4S/c1-13-2-5-15(24(26)27)10-18(13)19-9-6-16(28-19)11-22-23-20(25)12-29-17-7-3-14(21)4-8-17/h2-11H,12H2,1H3,(H,23,25)/b22-11-. The van der Waals surface area contributed by atoms with Crippen molar-refractivity contribution in [3.63, 3.8) is 0 Å². The number of hydrogen-bond donors (Lipinski definition) is 1. The van der Waals surface area contributed by atoms with Gasteiger partial charge in [0.15, 0.2) is 0 Å². The number of non-ortho nitro benzene ring substituents is 1. The van der Waals surface area contributed by atoms with Crippen LogP contribution in [0.5, 0.6) is 0 Å². The van der Waals surface area contributed by atoms with E-state index >= 15 is 0 Å². The molecular weight excluding hydrogens is 414 g/mol. The minimum Gasteiger partial charge on any atom is -0.455 e. The molecule has 0 aliphatic carbocycles. The van der Waals surface area contributed by atoms with Crippen molar-refractivity contribution in [3.05, 3.63) is 81.1 Å². The molecule has 0 atom stereocenters. The second kappa shape index (κ2) is 9.40. The van der Waals surface area contributed by atoms with Crippen molar-refractivity contribution >= 4 is 41.2 Å². The predicted molar refractivity (Wildman–Crippen MR) is 113 cm³/mol. The molecule has 1 heterocycles. The highest BCUT2D eigenvalue weighted by atomic mass is 35.5. The van der Waals surface area contributed by atoms with E-state index in [-0.39, 0.29) is 17.3 Å². The molecule has 1 amide bonds. The van der Waals surface area contributed by atoms with Crippen LogP contribution in [-0.4, -0.2) is 22.8 Å². The highest BCUT2D eigenvalue weighted by Crippen LogP contribution is 2.28. The molecule has 29 heavy (non-hydrogen) atoms. The highest BCUT2D eigenvalue weighted by molar-refractivity contribution is 8.00. The summed E-state index contributed by atoms with van der Waals surface area (Å²) in [5.41, 5.74) is 3.90. The van der Waals surface area contributed by atoms with E-state index in [1.165, 1.54) is 30.1 Å². The predicted octanol–water partition coefficient (Wildman–Crippen LogP) is 5.06. The van der Waals surface area contributed by atoms with Crippen LogP contribution in [0.1, 0.15) is 11.3 Å². The summed E-state index contributed by atoms with van der Waals surface area (Å²) in [6.07, 6.45) is 1.38. The molecule has 0 aliphatic heterocycles. The van der Waals surface area contributed by atoms with E-state index in [4.69, 9.17) is 16.0 Å². The van der Waals surface area contributed by atoms with Crippen molar-refractivity contribution in [2.75, 3.05) is 5.75 Å². The van der Waals surface area contributed by atoms with E-state index in [9.17, 15) is 14.9 Å². The average molecular weight is 430 g/mol. The Morgan fingerprint density at radius 1 is 1.24 bits per heavy atom. The second-order valence-corrected chi connectivity index (χ2v) is 7.48. The molecule has 0 saturated carbocycles. The van der Waals surface area contributed by atoms with E-state index in [0.29, 0.717) is 22.1 Å². The fourth-order valence-corrected chi connectivity index (χ4v) is 3.25. The van der Waals surface area contributed by atoms with Crippen LogP contribution in [0.15, 0.2) is 69.0 Å². The summed E-state index contributed by atoms with van der Waals surface area (Å²) in [5.74, 6) is 0.839. The molecule has 0 saturated heterocycles. The molecular formula is C20H16ClN3O4S. The fraction of sp³-hybridized carbons (Fsp3) is 0.100. The molecule has 0 unspecified atom stereocenters. The Bertz CT molecular complexity index is 1060. The third-order valence-corrected chi connectivity index (χ3v) is 5.15. The molecule has 0 radical (unpaired) electrons. The van der Waals surface area contributed by atoms with Crippen LogP contribution in [0.25, 0.3) is 11.3 Å². The van der Waals surface area contributed by atoms with Crippen LogP contribution in [0.2, 0.25) is 5.02 Å². The van der Waals surface area contributed by atoms with Gasteiger partial charge < -0.3 is 4.42 Å². The molecule has 0 bridgehead atoms. The van der Waals surface area contributed by atoms with Gasteiger partial charge in [-0.25, -0.2) is 5.43 Å². The van der Waals surface area contributed by atoms with Gasteiger partial charge in [-0.05, 0) is 48.9 Å². The van der Waals surface area contributed by atoms with Gasteiger partial charge in [0.25, 0.3) is 5.69 Å². The number of nitro groups is 1. The summed E-state index contributed by atoms with van der Waals surface area (Å²) in [6.45, 7) is 1.84. The number of carbonyl (C=O) groups excluding carboxylic acids is 1. The number of rotatable bonds is 7. The van der Waals surface area contributed by atoms with Gasteiger partial charge in [-0.1, -0.05) is 17.7 Å². The third kappa shape index (κ3) is 5.69. The molecule has 1 aromatic heterocycles. The highest BCUT2D eigenvalue weighted by Gasteiger charge is 2.13. The first-order valence-electron chi connectivity index (χ1n) is 8.48. The zero-order chi connectivity index (χ0) is 20.8. The first-order valence-corrected chi connectivity index (χ1v) is 9.84. The lowest BCUT2D eigenvalue weighted by molar-refractivity contribution is -0.384. The lowest BCUT2D eigenvalue weighted by Gasteiger charge is -2.02. The number of halogens is 1. The Morgan fingerprint density at radius 3 is 2.72 bits per heavy atom. The molecule has 0 fully saturated rings. The average Bonchev–Trinajstić information content (AvgIpc) is 3.16. The van der Waals surface area contributed by atoms with E-state index in [1.807, 2.05) is 19.1 Å². The minimum absolute atomic E-state index is 0.0114. The van der Waals surface area contributed by atoms with Gasteiger partial charge in [0.2, 0.25) is 5.91 Å². The van der Waals surface area contributed by atoms with E-state index < -0.39 is 4.92 Å². The monoisotopic (exact) mass is 429 g/mol. The topological polar surface area (TPSA) is 97.7 Å². The molecule has 0 spiro atoms. The smallest absolute Gasteiger partial charge is 0.270 e. The lowest BCUT2D eigenvalue weighted by Crippen LogP contribution is -2.19. The van der Waals surface area contributed by atoms with Gasteiger partial charge in [-0.15, -0.1) is 11.8 Å². The largest absolute Gasteiger partial charge is 0.455 e. The normalized spacial score (nSPS) is 11.0. The maximum atomic E-state index is 11.9. The SMILES string of the molecule is Cc1ccc([N+](=O)[O-])cc1-c1ccc(/C=N\NC(=O)CSc2ccc(Cl)cc2)o1. The quantitative estimate of drug-likeness (QED) is 0.245. The summed E-state index contributed by atoms with van der Waals surface area (Å²) in [6, 6.07) is 15.1. The van der Waals surface area contributed by atoms with Gasteiger partial charge in [0, 0.05) is 27.6 Å². The van der Waals surface area contributed by atoms with Crippen LogP contribution in [-0.2, 0) is 4.79 Å². The first-order chi connectivity index (χ1) is 13.9. The number of hydrazone groups is 1. The van der Waals surface area contributed by atoms with Gasteiger partial charge in [0.05, 0.1) is 16.9 Å². The number of amides is 1. The molecule has 1 N–H and O–H groups in total. The number of aryl methyl sites for hydroxylation is 1. The van der Waals surface area contributed by atoms with E-state index in [1.54, 1.807) is 30.3 Å². The third-order valence-electron chi connectivity index (χ3n) is 3.89. The van der Waals surface area contributed by atoms with Gasteiger partial charge >= 0.3 is 0 Å². The maximum Gasteiger partial charge on any atom is 0.270 e. The van der Waals surface area contributed by atoms with E-state index in [2.05, 4.69) is 10.5 Å². The number of thioether (sulfide) groups is 1. The van der Waals surface area contributed by atoms with Gasteiger partial charge in [-0.3, -0.25) is 14.9 Å². The Hall–Kier alpha value is -3.10. The number of carbonyl (C=O) groups is 1. The Balaban J connectivity index is 1.58. The summed E-state index contributed by atoms with van der Waals surface area (Å²) in [5, 5.41) is 15.5. The van der Waals surface area contributed by atoms with Crippen LogP contribution < -0.4 is 5.43 Å². The van der Waals surface area contributed by atoms with Crippen molar-refractivity contribution in [2.45, 2.75) is 11.8 Å². The number of hydrogen-bond acceptors (Lipinski definition) is 6. The summed E-state index contributed by atoms with van der Waals surface area (Å²) >= 11 is 7.19. The molecule has 2 aromatic carbocycles. The van der Waals surface area contributed by atoms with Crippen molar-refractivity contribution in [1.29, 1.82) is 0 Å². The minimum atomic E-state index is -0.453. The van der Waals surface area contributed by atoms with Crippen molar-refractivity contribution in [2.24, 2.45) is 5.10 Å². The van der Waals surface area contributed by atoms with Crippen LogP contribution in [0, 0.1) is 17.0 Å². The molecule has 148 valence electrons.